The van der Waals surface area contributed by atoms with Crippen molar-refractivity contribution in [1.82, 2.24) is 0 Å². The summed E-state index contributed by atoms with van der Waals surface area (Å²) in [6.07, 6.45) is 5.67. The predicted octanol–water partition coefficient (Wildman–Crippen LogP) is 2.49. The molecule has 0 saturated heterocycles. The van der Waals surface area contributed by atoms with E-state index in [4.69, 9.17) is 0 Å². The lowest BCUT2D eigenvalue weighted by molar-refractivity contribution is 0.169. The first kappa shape index (κ1) is 10.2. The second-order valence-corrected chi connectivity index (χ2v) is 3.84. The fourth-order valence-corrected chi connectivity index (χ4v) is 0.928. The van der Waals surface area contributed by atoms with Crippen molar-refractivity contribution in [3.63, 3.8) is 0 Å². The van der Waals surface area contributed by atoms with Crippen molar-refractivity contribution >= 4 is 15.9 Å². The van der Waals surface area contributed by atoms with E-state index in [1.165, 1.54) is 0 Å². The molecule has 0 amide bonds. The van der Waals surface area contributed by atoms with Gasteiger partial charge in [0.15, 0.2) is 0 Å². The Bertz CT molecular complexity index is 99.4. The van der Waals surface area contributed by atoms with E-state index in [0.717, 1.165) is 12.8 Å². The Morgan fingerprint density at radius 3 is 2.60 bits per heavy atom. The first-order valence-electron chi connectivity index (χ1n) is 3.61. The molecule has 60 valence electrons. The standard InChI is InChI=1S/C8H15BrO/c1-3-4-5-6-8(10)7(2)9/h3-4,7-8,10H,5-6H2,1-2H3. The van der Waals surface area contributed by atoms with E-state index in [9.17, 15) is 5.11 Å². The molecule has 0 aromatic heterocycles. The quantitative estimate of drug-likeness (QED) is 0.554. The summed E-state index contributed by atoms with van der Waals surface area (Å²) in [5.41, 5.74) is 0. The summed E-state index contributed by atoms with van der Waals surface area (Å²) >= 11 is 3.32. The second kappa shape index (κ2) is 5.93. The normalized spacial score (nSPS) is 17.6. The predicted molar refractivity (Wildman–Crippen MR) is 48.4 cm³/mol. The number of aliphatic hydroxyl groups excluding tert-OH is 1. The van der Waals surface area contributed by atoms with Gasteiger partial charge in [-0.25, -0.2) is 0 Å². The number of hydrogen-bond acceptors (Lipinski definition) is 1. The van der Waals surface area contributed by atoms with Gasteiger partial charge in [0.25, 0.3) is 0 Å². The maximum absolute atomic E-state index is 9.27. The van der Waals surface area contributed by atoms with E-state index in [1.54, 1.807) is 0 Å². The van der Waals surface area contributed by atoms with E-state index >= 15 is 0 Å². The average molecular weight is 207 g/mol. The van der Waals surface area contributed by atoms with Gasteiger partial charge in [0, 0.05) is 4.83 Å². The molecule has 0 aliphatic heterocycles. The van der Waals surface area contributed by atoms with Crippen molar-refractivity contribution in [2.24, 2.45) is 0 Å². The van der Waals surface area contributed by atoms with Crippen molar-refractivity contribution < 1.29 is 5.11 Å². The number of halogens is 1. The van der Waals surface area contributed by atoms with Crippen LogP contribution in [0, 0.1) is 0 Å². The van der Waals surface area contributed by atoms with Crippen LogP contribution < -0.4 is 0 Å². The Hall–Kier alpha value is 0.180. The van der Waals surface area contributed by atoms with Crippen molar-refractivity contribution in [3.8, 4) is 0 Å². The molecule has 0 aromatic carbocycles. The van der Waals surface area contributed by atoms with Crippen LogP contribution in [-0.4, -0.2) is 16.0 Å². The third kappa shape index (κ3) is 5.00. The van der Waals surface area contributed by atoms with Crippen LogP contribution in [0.3, 0.4) is 0 Å². The first-order chi connectivity index (χ1) is 4.68. The van der Waals surface area contributed by atoms with Gasteiger partial charge in [0.2, 0.25) is 0 Å². The minimum absolute atomic E-state index is 0.206. The molecule has 0 spiro atoms. The highest BCUT2D eigenvalue weighted by molar-refractivity contribution is 9.09. The maximum Gasteiger partial charge on any atom is 0.0665 e. The van der Waals surface area contributed by atoms with E-state index in [0.29, 0.717) is 0 Å². The summed E-state index contributed by atoms with van der Waals surface area (Å²) in [5.74, 6) is 0. The lowest BCUT2D eigenvalue weighted by Gasteiger charge is -2.10. The van der Waals surface area contributed by atoms with Gasteiger partial charge in [-0.1, -0.05) is 35.0 Å². The lowest BCUT2D eigenvalue weighted by Crippen LogP contribution is -2.16. The highest BCUT2D eigenvalue weighted by atomic mass is 79.9. The van der Waals surface area contributed by atoms with Crippen LogP contribution in [0.4, 0.5) is 0 Å². The van der Waals surface area contributed by atoms with Gasteiger partial charge in [0.1, 0.15) is 0 Å². The molecular weight excluding hydrogens is 192 g/mol. The molecule has 0 heterocycles. The summed E-state index contributed by atoms with van der Waals surface area (Å²) < 4.78 is 0. The van der Waals surface area contributed by atoms with E-state index in [1.807, 2.05) is 19.9 Å². The van der Waals surface area contributed by atoms with Gasteiger partial charge >= 0.3 is 0 Å². The molecule has 0 aliphatic rings. The van der Waals surface area contributed by atoms with Crippen molar-refractivity contribution in [3.05, 3.63) is 12.2 Å². The Morgan fingerprint density at radius 2 is 2.20 bits per heavy atom. The van der Waals surface area contributed by atoms with Crippen LogP contribution in [0.25, 0.3) is 0 Å². The largest absolute Gasteiger partial charge is 0.392 e. The Labute approximate surface area is 71.3 Å². The Kier molecular flexibility index (Phi) is 6.03. The fourth-order valence-electron chi connectivity index (χ4n) is 0.663. The molecule has 0 aliphatic carbocycles. The monoisotopic (exact) mass is 206 g/mol. The topological polar surface area (TPSA) is 20.2 Å². The highest BCUT2D eigenvalue weighted by Gasteiger charge is 2.07. The van der Waals surface area contributed by atoms with Crippen LogP contribution in [0.15, 0.2) is 12.2 Å². The number of aliphatic hydroxyl groups is 1. The van der Waals surface area contributed by atoms with Gasteiger partial charge in [-0.05, 0) is 19.8 Å². The summed E-state index contributed by atoms with van der Waals surface area (Å²) in [7, 11) is 0. The summed E-state index contributed by atoms with van der Waals surface area (Å²) in [6.45, 7) is 3.95. The summed E-state index contributed by atoms with van der Waals surface area (Å²) in [5, 5.41) is 9.27. The minimum atomic E-state index is -0.212. The van der Waals surface area contributed by atoms with E-state index in [-0.39, 0.29) is 10.9 Å². The van der Waals surface area contributed by atoms with E-state index in [2.05, 4.69) is 22.0 Å². The molecule has 2 atom stereocenters. The van der Waals surface area contributed by atoms with Gasteiger partial charge in [-0.2, -0.15) is 0 Å². The third-order valence-electron chi connectivity index (χ3n) is 1.40. The van der Waals surface area contributed by atoms with E-state index < -0.39 is 0 Å². The molecular formula is C8H15BrO. The molecule has 0 aromatic rings. The Morgan fingerprint density at radius 1 is 1.60 bits per heavy atom. The molecule has 0 saturated carbocycles. The molecule has 0 rings (SSSR count). The minimum Gasteiger partial charge on any atom is -0.392 e. The molecule has 2 heteroatoms. The maximum atomic E-state index is 9.27. The molecule has 10 heavy (non-hydrogen) atoms. The summed E-state index contributed by atoms with van der Waals surface area (Å²) in [4.78, 5) is 0.206. The van der Waals surface area contributed by atoms with Crippen molar-refractivity contribution in [2.75, 3.05) is 0 Å². The molecule has 0 bridgehead atoms. The molecule has 2 unspecified atom stereocenters. The molecule has 1 nitrogen and oxygen atoms in total. The van der Waals surface area contributed by atoms with Crippen LogP contribution in [-0.2, 0) is 0 Å². The highest BCUT2D eigenvalue weighted by Crippen LogP contribution is 2.09. The average Bonchev–Trinajstić information content (AvgIpc) is 1.88. The van der Waals surface area contributed by atoms with Gasteiger partial charge in [-0.15, -0.1) is 0 Å². The number of hydrogen-bond donors (Lipinski definition) is 1. The first-order valence-corrected chi connectivity index (χ1v) is 4.53. The number of allylic oxidation sites excluding steroid dienone is 2. The van der Waals surface area contributed by atoms with Gasteiger partial charge in [-0.3, -0.25) is 0 Å². The zero-order chi connectivity index (χ0) is 7.98. The van der Waals surface area contributed by atoms with Crippen LogP contribution in [0.1, 0.15) is 26.7 Å². The smallest absolute Gasteiger partial charge is 0.0665 e. The van der Waals surface area contributed by atoms with Crippen LogP contribution in [0.2, 0.25) is 0 Å². The summed E-state index contributed by atoms with van der Waals surface area (Å²) in [6, 6.07) is 0. The second-order valence-electron chi connectivity index (χ2n) is 2.39. The third-order valence-corrected chi connectivity index (χ3v) is 2.01. The molecule has 1 N–H and O–H groups in total. The van der Waals surface area contributed by atoms with Crippen LogP contribution in [0.5, 0.6) is 0 Å². The fraction of sp³-hybridized carbons (Fsp3) is 0.750. The van der Waals surface area contributed by atoms with Crippen LogP contribution >= 0.6 is 15.9 Å². The Balaban J connectivity index is 3.30. The van der Waals surface area contributed by atoms with Crippen molar-refractivity contribution in [2.45, 2.75) is 37.6 Å². The number of rotatable bonds is 4. The SMILES string of the molecule is CC=CCCC(O)C(C)Br. The zero-order valence-corrected chi connectivity index (χ0v) is 8.13. The molecule has 0 radical (unpaired) electrons. The lowest BCUT2D eigenvalue weighted by atomic mass is 10.1. The van der Waals surface area contributed by atoms with Gasteiger partial charge in [0.05, 0.1) is 6.10 Å². The number of alkyl halides is 1. The van der Waals surface area contributed by atoms with Gasteiger partial charge < -0.3 is 5.11 Å². The zero-order valence-electron chi connectivity index (χ0n) is 6.55. The van der Waals surface area contributed by atoms with Crippen molar-refractivity contribution in [1.29, 1.82) is 0 Å². The molecule has 0 fully saturated rings.